The fourth-order valence-corrected chi connectivity index (χ4v) is 2.72. The van der Waals surface area contributed by atoms with E-state index in [-0.39, 0.29) is 6.04 Å². The van der Waals surface area contributed by atoms with Gasteiger partial charge in [0.1, 0.15) is 0 Å². The first-order valence-electron chi connectivity index (χ1n) is 6.13. The Morgan fingerprint density at radius 1 is 1.05 bits per heavy atom. The molecule has 1 aliphatic carbocycles. The highest BCUT2D eigenvalue weighted by molar-refractivity contribution is 6.30. The molecule has 0 heterocycles. The normalized spacial score (nSPS) is 17.3. The smallest absolute Gasteiger partial charge is 0.160 e. The highest BCUT2D eigenvalue weighted by Crippen LogP contribution is 2.35. The fourth-order valence-electron chi connectivity index (χ4n) is 2.52. The Balaban J connectivity index is 1.84. The molecule has 2 aromatic rings. The Labute approximate surface area is 115 Å². The number of halogens is 3. The molecule has 1 nitrogen and oxygen atoms in total. The quantitative estimate of drug-likeness (QED) is 0.839. The van der Waals surface area contributed by atoms with E-state index >= 15 is 0 Å². The Hall–Kier alpha value is -1.61. The molecule has 0 aromatic heterocycles. The Bertz CT molecular complexity index is 628. The summed E-state index contributed by atoms with van der Waals surface area (Å²) in [5.41, 5.74) is 2.98. The van der Waals surface area contributed by atoms with Gasteiger partial charge in [0.2, 0.25) is 0 Å². The van der Waals surface area contributed by atoms with E-state index in [2.05, 4.69) is 5.32 Å². The fraction of sp³-hybridized carbons (Fsp3) is 0.200. The van der Waals surface area contributed by atoms with Crippen LogP contribution in [0.2, 0.25) is 5.02 Å². The van der Waals surface area contributed by atoms with Crippen LogP contribution in [0.4, 0.5) is 14.5 Å². The lowest BCUT2D eigenvalue weighted by atomic mass is 10.1. The molecule has 0 aliphatic heterocycles. The summed E-state index contributed by atoms with van der Waals surface area (Å²) >= 11 is 5.96. The number of anilines is 1. The van der Waals surface area contributed by atoms with Crippen molar-refractivity contribution in [3.8, 4) is 0 Å². The number of hydrogen-bond acceptors (Lipinski definition) is 1. The van der Waals surface area contributed by atoms with Crippen LogP contribution in [0.25, 0.3) is 0 Å². The molecule has 0 amide bonds. The lowest BCUT2D eigenvalue weighted by Crippen LogP contribution is -2.07. The molecule has 0 spiro atoms. The van der Waals surface area contributed by atoms with Gasteiger partial charge in [-0.1, -0.05) is 17.7 Å². The first-order chi connectivity index (χ1) is 9.13. The molecule has 1 N–H and O–H groups in total. The zero-order valence-corrected chi connectivity index (χ0v) is 10.8. The predicted octanol–water partition coefficient (Wildman–Crippen LogP) is 4.72. The predicted molar refractivity (Wildman–Crippen MR) is 72.5 cm³/mol. The number of rotatable bonds is 2. The third-order valence-electron chi connectivity index (χ3n) is 3.44. The third kappa shape index (κ3) is 2.43. The summed E-state index contributed by atoms with van der Waals surface area (Å²) in [6, 6.07) is 9.79. The average Bonchev–Trinajstić information content (AvgIpc) is 2.76. The molecule has 0 saturated heterocycles. The molecule has 19 heavy (non-hydrogen) atoms. The monoisotopic (exact) mass is 279 g/mol. The van der Waals surface area contributed by atoms with Gasteiger partial charge in [0, 0.05) is 16.8 Å². The summed E-state index contributed by atoms with van der Waals surface area (Å²) in [6.45, 7) is 0. The highest BCUT2D eigenvalue weighted by atomic mass is 35.5. The van der Waals surface area contributed by atoms with Crippen LogP contribution in [-0.2, 0) is 6.42 Å². The van der Waals surface area contributed by atoms with Gasteiger partial charge in [-0.15, -0.1) is 0 Å². The maximum atomic E-state index is 13.2. The largest absolute Gasteiger partial charge is 0.378 e. The van der Waals surface area contributed by atoms with Crippen molar-refractivity contribution in [2.24, 2.45) is 0 Å². The molecule has 98 valence electrons. The van der Waals surface area contributed by atoms with E-state index in [9.17, 15) is 8.78 Å². The van der Waals surface area contributed by atoms with Crippen LogP contribution in [0.15, 0.2) is 36.4 Å². The van der Waals surface area contributed by atoms with Crippen LogP contribution >= 0.6 is 11.6 Å². The van der Waals surface area contributed by atoms with Crippen LogP contribution in [0, 0.1) is 11.6 Å². The van der Waals surface area contributed by atoms with Gasteiger partial charge in [0.05, 0.1) is 6.04 Å². The van der Waals surface area contributed by atoms with Crippen molar-refractivity contribution in [2.75, 3.05) is 5.32 Å². The molecule has 1 unspecified atom stereocenters. The maximum absolute atomic E-state index is 13.2. The van der Waals surface area contributed by atoms with Gasteiger partial charge >= 0.3 is 0 Å². The van der Waals surface area contributed by atoms with E-state index in [1.165, 1.54) is 17.2 Å². The number of benzene rings is 2. The highest BCUT2D eigenvalue weighted by Gasteiger charge is 2.22. The zero-order valence-electron chi connectivity index (χ0n) is 10.1. The second kappa shape index (κ2) is 4.82. The van der Waals surface area contributed by atoms with Crippen molar-refractivity contribution in [3.05, 3.63) is 64.2 Å². The lowest BCUT2D eigenvalue weighted by Gasteiger charge is -2.15. The molecule has 4 heteroatoms. The second-order valence-electron chi connectivity index (χ2n) is 4.71. The first kappa shape index (κ1) is 12.4. The topological polar surface area (TPSA) is 12.0 Å². The molecule has 0 saturated carbocycles. The summed E-state index contributed by atoms with van der Waals surface area (Å²) in [5, 5.41) is 3.96. The van der Waals surface area contributed by atoms with Gasteiger partial charge in [-0.25, -0.2) is 8.78 Å². The summed E-state index contributed by atoms with van der Waals surface area (Å²) in [6.07, 6.45) is 1.87. The van der Waals surface area contributed by atoms with Gasteiger partial charge < -0.3 is 5.32 Å². The molecule has 0 bridgehead atoms. The SMILES string of the molecule is Fc1ccc(NC2CCc3cc(Cl)ccc32)cc1F. The van der Waals surface area contributed by atoms with Gasteiger partial charge in [0.15, 0.2) is 11.6 Å². The van der Waals surface area contributed by atoms with Crippen molar-refractivity contribution in [2.45, 2.75) is 18.9 Å². The molecule has 0 fully saturated rings. The van der Waals surface area contributed by atoms with Gasteiger partial charge in [-0.3, -0.25) is 0 Å². The Morgan fingerprint density at radius 3 is 2.68 bits per heavy atom. The van der Waals surface area contributed by atoms with Crippen molar-refractivity contribution in [1.82, 2.24) is 0 Å². The minimum absolute atomic E-state index is 0.122. The molecule has 3 rings (SSSR count). The maximum Gasteiger partial charge on any atom is 0.160 e. The van der Waals surface area contributed by atoms with Crippen LogP contribution in [0.1, 0.15) is 23.6 Å². The van der Waals surface area contributed by atoms with Gasteiger partial charge in [0.25, 0.3) is 0 Å². The molecule has 2 aromatic carbocycles. The first-order valence-corrected chi connectivity index (χ1v) is 6.51. The van der Waals surface area contributed by atoms with E-state index in [4.69, 9.17) is 11.6 Å². The number of nitrogens with one attached hydrogen (secondary N) is 1. The van der Waals surface area contributed by atoms with Crippen molar-refractivity contribution in [1.29, 1.82) is 0 Å². The van der Waals surface area contributed by atoms with Crippen LogP contribution in [-0.4, -0.2) is 0 Å². The van der Waals surface area contributed by atoms with Crippen molar-refractivity contribution >= 4 is 17.3 Å². The third-order valence-corrected chi connectivity index (χ3v) is 3.68. The summed E-state index contributed by atoms with van der Waals surface area (Å²) in [7, 11) is 0. The Kier molecular flexibility index (Phi) is 3.15. The lowest BCUT2D eigenvalue weighted by molar-refractivity contribution is 0.509. The van der Waals surface area contributed by atoms with E-state index in [1.807, 2.05) is 18.2 Å². The summed E-state index contributed by atoms with van der Waals surface area (Å²) < 4.78 is 26.0. The van der Waals surface area contributed by atoms with Crippen LogP contribution < -0.4 is 5.32 Å². The number of hydrogen-bond donors (Lipinski definition) is 1. The molecular weight excluding hydrogens is 268 g/mol. The summed E-state index contributed by atoms with van der Waals surface area (Å²) in [4.78, 5) is 0. The zero-order chi connectivity index (χ0) is 13.4. The van der Waals surface area contributed by atoms with Gasteiger partial charge in [-0.2, -0.15) is 0 Å². The standard InChI is InChI=1S/C15H12ClF2N/c16-10-2-4-12-9(7-10)1-6-15(12)19-11-3-5-13(17)14(18)8-11/h2-5,7-8,15,19H,1,6H2. The van der Waals surface area contributed by atoms with Crippen LogP contribution in [0.3, 0.4) is 0 Å². The minimum atomic E-state index is -0.834. The number of aryl methyl sites for hydroxylation is 1. The van der Waals surface area contributed by atoms with Crippen molar-refractivity contribution < 1.29 is 8.78 Å². The van der Waals surface area contributed by atoms with Gasteiger partial charge in [-0.05, 0) is 48.2 Å². The molecular formula is C15H12ClF2N. The summed E-state index contributed by atoms with van der Waals surface area (Å²) in [5.74, 6) is -1.66. The van der Waals surface area contributed by atoms with E-state index in [0.717, 1.165) is 23.9 Å². The second-order valence-corrected chi connectivity index (χ2v) is 5.14. The Morgan fingerprint density at radius 2 is 1.89 bits per heavy atom. The molecule has 1 aliphatic rings. The molecule has 0 radical (unpaired) electrons. The molecule has 1 atom stereocenters. The number of fused-ring (bicyclic) bond motifs is 1. The minimum Gasteiger partial charge on any atom is -0.378 e. The van der Waals surface area contributed by atoms with E-state index in [0.29, 0.717) is 5.69 Å². The van der Waals surface area contributed by atoms with E-state index in [1.54, 1.807) is 6.07 Å². The van der Waals surface area contributed by atoms with E-state index < -0.39 is 11.6 Å². The average molecular weight is 280 g/mol. The van der Waals surface area contributed by atoms with Crippen molar-refractivity contribution in [3.63, 3.8) is 0 Å². The van der Waals surface area contributed by atoms with Crippen LogP contribution in [0.5, 0.6) is 0 Å².